The summed E-state index contributed by atoms with van der Waals surface area (Å²) in [5.74, 6) is -0.200. The molecule has 4 N–H and O–H groups in total. The van der Waals surface area contributed by atoms with E-state index in [1.54, 1.807) is 31.3 Å². The Morgan fingerprint density at radius 3 is 2.66 bits per heavy atom. The highest BCUT2D eigenvalue weighted by molar-refractivity contribution is 6.31. The van der Waals surface area contributed by atoms with Gasteiger partial charge in [0.15, 0.2) is 0 Å². The molecule has 0 spiro atoms. The van der Waals surface area contributed by atoms with Crippen LogP contribution in [-0.4, -0.2) is 40.5 Å². The number of carbonyl (C=O) groups excluding carboxylic acids is 2. The number of nitrogen functional groups attached to an aromatic ring is 1. The van der Waals surface area contributed by atoms with Crippen LogP contribution >= 0.6 is 11.6 Å². The van der Waals surface area contributed by atoms with Gasteiger partial charge < -0.3 is 21.4 Å². The highest BCUT2D eigenvalue weighted by atomic mass is 35.5. The molecule has 1 atom stereocenters. The first-order valence-corrected chi connectivity index (χ1v) is 11.9. The molecule has 4 rings (SSSR count). The maximum atomic E-state index is 12.7. The molecule has 1 aliphatic heterocycles. The Balaban J connectivity index is 1.38. The number of nitrogens with two attached hydrogens (primary N) is 1. The number of amides is 2. The highest BCUT2D eigenvalue weighted by Crippen LogP contribution is 2.32. The summed E-state index contributed by atoms with van der Waals surface area (Å²) in [6.07, 6.45) is 5.90. The van der Waals surface area contributed by atoms with Gasteiger partial charge in [0, 0.05) is 42.1 Å². The van der Waals surface area contributed by atoms with Crippen LogP contribution in [0.25, 0.3) is 0 Å². The van der Waals surface area contributed by atoms with Gasteiger partial charge in [0.05, 0.1) is 23.9 Å². The fourth-order valence-electron chi connectivity index (χ4n) is 4.45. The lowest BCUT2D eigenvalue weighted by molar-refractivity contribution is -0.129. The van der Waals surface area contributed by atoms with E-state index in [-0.39, 0.29) is 30.1 Å². The summed E-state index contributed by atoms with van der Waals surface area (Å²) in [6.45, 7) is 2.46. The Kier molecular flexibility index (Phi) is 7.46. The zero-order chi connectivity index (χ0) is 24.9. The Bertz CT molecular complexity index is 1260. The van der Waals surface area contributed by atoms with Crippen molar-refractivity contribution < 1.29 is 9.59 Å². The van der Waals surface area contributed by atoms with E-state index in [2.05, 4.69) is 34.6 Å². The third-order valence-corrected chi connectivity index (χ3v) is 6.49. The second kappa shape index (κ2) is 10.7. The lowest BCUT2D eigenvalue weighted by atomic mass is 9.99. The summed E-state index contributed by atoms with van der Waals surface area (Å²) in [7, 11) is 0. The first-order valence-electron chi connectivity index (χ1n) is 11.5. The van der Waals surface area contributed by atoms with Gasteiger partial charge in [0.1, 0.15) is 0 Å². The highest BCUT2D eigenvalue weighted by Gasteiger charge is 2.27. The molecular weight excluding hydrogens is 462 g/mol. The minimum absolute atomic E-state index is 0.0213. The summed E-state index contributed by atoms with van der Waals surface area (Å²) in [5, 5.41) is 11.5. The molecule has 2 aromatic carbocycles. The van der Waals surface area contributed by atoms with Crippen molar-refractivity contribution in [3.05, 3.63) is 93.8 Å². The monoisotopic (exact) mass is 489 g/mol. The van der Waals surface area contributed by atoms with Crippen molar-refractivity contribution in [2.45, 2.75) is 32.2 Å². The molecule has 7 nitrogen and oxygen atoms in total. The largest absolute Gasteiger partial charge is 0.398 e. The number of carbonyl (C=O) groups is 2. The van der Waals surface area contributed by atoms with E-state index in [0.29, 0.717) is 28.3 Å². The minimum Gasteiger partial charge on any atom is -0.398 e. The molecule has 1 fully saturated rings. The number of anilines is 1. The first kappa shape index (κ1) is 24.4. The van der Waals surface area contributed by atoms with Crippen molar-refractivity contribution in [3.63, 3.8) is 0 Å². The van der Waals surface area contributed by atoms with Crippen LogP contribution in [0.3, 0.4) is 0 Å². The van der Waals surface area contributed by atoms with Crippen LogP contribution in [0.15, 0.2) is 60.9 Å². The van der Waals surface area contributed by atoms with Crippen LogP contribution in [0.1, 0.15) is 58.4 Å². The van der Waals surface area contributed by atoms with E-state index < -0.39 is 0 Å². The number of hydrogen-bond acceptors (Lipinski definition) is 5. The number of aromatic nitrogens is 1. The predicted octanol–water partition coefficient (Wildman–Crippen LogP) is 4.39. The van der Waals surface area contributed by atoms with E-state index in [0.717, 1.165) is 36.1 Å². The van der Waals surface area contributed by atoms with Gasteiger partial charge >= 0.3 is 0 Å². The minimum atomic E-state index is -0.314. The van der Waals surface area contributed by atoms with Crippen LogP contribution in [0.2, 0.25) is 5.02 Å². The zero-order valence-electron chi connectivity index (χ0n) is 19.6. The molecule has 3 aromatic rings. The molecule has 35 heavy (non-hydrogen) atoms. The molecule has 8 heteroatoms. The normalized spacial score (nSPS) is 15.1. The fraction of sp³-hybridized carbons (Fsp3) is 0.259. The van der Waals surface area contributed by atoms with Gasteiger partial charge in [-0.1, -0.05) is 35.9 Å². The Labute approximate surface area is 209 Å². The molecule has 1 aromatic heterocycles. The molecular formula is C27H28ClN5O2. The molecule has 2 heterocycles. The van der Waals surface area contributed by atoms with Crippen LogP contribution in [0.4, 0.5) is 5.69 Å². The maximum Gasteiger partial charge on any atom is 0.253 e. The van der Waals surface area contributed by atoms with Gasteiger partial charge in [-0.05, 0) is 60.2 Å². The SMILES string of the molecule is CC(=O)N1CCCC1c1ccc(Cc2cncc(C(=O)NCC(=N)c3cc(Cl)ccc3N)c2)cc1. The number of hydrogen-bond donors (Lipinski definition) is 3. The summed E-state index contributed by atoms with van der Waals surface area (Å²) in [6, 6.07) is 15.2. The van der Waals surface area contributed by atoms with E-state index >= 15 is 0 Å². The molecule has 1 aliphatic rings. The summed E-state index contributed by atoms with van der Waals surface area (Å²) >= 11 is 6.00. The number of rotatable bonds is 7. The van der Waals surface area contributed by atoms with E-state index in [4.69, 9.17) is 22.7 Å². The lowest BCUT2D eigenvalue weighted by Crippen LogP contribution is -2.30. The summed E-state index contributed by atoms with van der Waals surface area (Å²) < 4.78 is 0. The van der Waals surface area contributed by atoms with Gasteiger partial charge in [-0.3, -0.25) is 14.6 Å². The van der Waals surface area contributed by atoms with Crippen molar-refractivity contribution >= 4 is 34.8 Å². The average molecular weight is 490 g/mol. The molecule has 1 unspecified atom stereocenters. The van der Waals surface area contributed by atoms with Crippen molar-refractivity contribution in [2.75, 3.05) is 18.8 Å². The van der Waals surface area contributed by atoms with E-state index in [9.17, 15) is 9.59 Å². The molecule has 1 saturated heterocycles. The van der Waals surface area contributed by atoms with Gasteiger partial charge in [0.2, 0.25) is 5.91 Å². The van der Waals surface area contributed by atoms with Gasteiger partial charge in [0.25, 0.3) is 5.91 Å². The Morgan fingerprint density at radius 1 is 1.14 bits per heavy atom. The number of nitrogens with one attached hydrogen (secondary N) is 2. The van der Waals surface area contributed by atoms with Crippen molar-refractivity contribution in [1.29, 1.82) is 5.41 Å². The predicted molar refractivity (Wildman–Crippen MR) is 138 cm³/mol. The van der Waals surface area contributed by atoms with Crippen LogP contribution in [-0.2, 0) is 11.2 Å². The molecule has 0 bridgehead atoms. The zero-order valence-corrected chi connectivity index (χ0v) is 20.3. The number of nitrogens with zero attached hydrogens (tertiary/aromatic N) is 2. The van der Waals surface area contributed by atoms with Gasteiger partial charge in [-0.2, -0.15) is 0 Å². The number of halogens is 1. The maximum absolute atomic E-state index is 12.7. The van der Waals surface area contributed by atoms with Crippen LogP contribution in [0, 0.1) is 5.41 Å². The van der Waals surface area contributed by atoms with Gasteiger partial charge in [-0.15, -0.1) is 0 Å². The standard InChI is InChI=1S/C27H28ClN5O2/c1-17(34)33-10-2-3-26(33)20-6-4-18(5-7-20)11-19-12-21(15-31-14-19)27(35)32-16-25(30)23-13-22(28)8-9-24(23)29/h4-9,12-15,26,30H,2-3,10-11,16,29H2,1H3,(H,32,35). The van der Waals surface area contributed by atoms with Gasteiger partial charge in [-0.25, -0.2) is 0 Å². The second-order valence-corrected chi connectivity index (χ2v) is 9.20. The lowest BCUT2D eigenvalue weighted by Gasteiger charge is -2.23. The Morgan fingerprint density at radius 2 is 1.91 bits per heavy atom. The summed E-state index contributed by atoms with van der Waals surface area (Å²) in [5.41, 5.74) is 10.6. The molecule has 0 radical (unpaired) electrons. The average Bonchev–Trinajstić information content (AvgIpc) is 3.35. The van der Waals surface area contributed by atoms with Crippen molar-refractivity contribution in [2.24, 2.45) is 0 Å². The van der Waals surface area contributed by atoms with E-state index in [1.165, 1.54) is 6.20 Å². The molecule has 180 valence electrons. The second-order valence-electron chi connectivity index (χ2n) is 8.76. The number of likely N-dealkylation sites (tertiary alicyclic amines) is 1. The number of benzene rings is 2. The third kappa shape index (κ3) is 5.87. The fourth-order valence-corrected chi connectivity index (χ4v) is 4.62. The molecule has 2 amide bonds. The third-order valence-electron chi connectivity index (χ3n) is 6.25. The smallest absolute Gasteiger partial charge is 0.253 e. The summed E-state index contributed by atoms with van der Waals surface area (Å²) in [4.78, 5) is 30.7. The topological polar surface area (TPSA) is 112 Å². The van der Waals surface area contributed by atoms with Crippen LogP contribution < -0.4 is 11.1 Å². The molecule has 0 aliphatic carbocycles. The Hall–Kier alpha value is -3.71. The first-order chi connectivity index (χ1) is 16.8. The van der Waals surface area contributed by atoms with Crippen molar-refractivity contribution in [3.8, 4) is 0 Å². The van der Waals surface area contributed by atoms with E-state index in [1.807, 2.05) is 11.0 Å². The number of pyridine rings is 1. The van der Waals surface area contributed by atoms with Crippen LogP contribution in [0.5, 0.6) is 0 Å². The van der Waals surface area contributed by atoms with Crippen molar-refractivity contribution in [1.82, 2.24) is 15.2 Å². The quantitative estimate of drug-likeness (QED) is 0.337. The molecule has 0 saturated carbocycles.